The Balaban J connectivity index is 1.66. The Morgan fingerprint density at radius 3 is 2.63 bits per heavy atom. The van der Waals surface area contributed by atoms with Crippen molar-refractivity contribution in [3.05, 3.63) is 58.6 Å². The predicted octanol–water partition coefficient (Wildman–Crippen LogP) is 3.08. The molecule has 1 N–H and O–H groups in total. The summed E-state index contributed by atoms with van der Waals surface area (Å²) in [5.41, 5.74) is 2.02. The van der Waals surface area contributed by atoms with Crippen LogP contribution in [0.2, 0.25) is 0 Å². The minimum atomic E-state index is 0.672. The molecule has 0 spiro atoms. The highest BCUT2D eigenvalue weighted by Gasteiger charge is 2.00. The number of hydrogen-bond donors (Lipinski definition) is 1. The molecule has 0 atom stereocenters. The van der Waals surface area contributed by atoms with Crippen LogP contribution in [-0.4, -0.2) is 14.8 Å². The van der Waals surface area contributed by atoms with E-state index in [0.29, 0.717) is 6.54 Å². The quantitative estimate of drug-likeness (QED) is 0.722. The first-order valence-corrected chi connectivity index (χ1v) is 6.82. The fraction of sp³-hybridized carbons (Fsp3) is 0.0769. The van der Waals surface area contributed by atoms with Crippen molar-refractivity contribution in [2.75, 3.05) is 5.32 Å². The zero-order chi connectivity index (χ0) is 13.1. The summed E-state index contributed by atoms with van der Waals surface area (Å²) in [6.45, 7) is 0.672. The molecule has 5 nitrogen and oxygen atoms in total. The fourth-order valence-corrected chi connectivity index (χ4v) is 2.17. The van der Waals surface area contributed by atoms with Gasteiger partial charge in [-0.1, -0.05) is 0 Å². The molecule has 6 heteroatoms. The lowest BCUT2D eigenvalue weighted by atomic mass is 10.3. The van der Waals surface area contributed by atoms with E-state index in [4.69, 9.17) is 4.42 Å². The molecule has 0 aliphatic rings. The highest BCUT2D eigenvalue weighted by Crippen LogP contribution is 2.15. The van der Waals surface area contributed by atoms with Crippen LogP contribution in [0, 0.1) is 3.77 Å². The Morgan fingerprint density at radius 1 is 1.16 bits per heavy atom. The highest BCUT2D eigenvalue weighted by atomic mass is 127. The molecule has 3 aromatic rings. The normalized spacial score (nSPS) is 10.6. The van der Waals surface area contributed by atoms with Crippen LogP contribution in [0.4, 0.5) is 5.69 Å². The molecule has 0 bridgehead atoms. The zero-order valence-electron chi connectivity index (χ0n) is 9.95. The number of hydrogen-bond acceptors (Lipinski definition) is 4. The topological polar surface area (TPSA) is 55.9 Å². The van der Waals surface area contributed by atoms with Crippen molar-refractivity contribution < 1.29 is 4.42 Å². The smallest absolute Gasteiger partial charge is 0.164 e. The van der Waals surface area contributed by atoms with Crippen LogP contribution in [0.25, 0.3) is 5.69 Å². The van der Waals surface area contributed by atoms with E-state index in [1.165, 1.54) is 6.33 Å². The number of rotatable bonds is 4. The van der Waals surface area contributed by atoms with Crippen LogP contribution >= 0.6 is 22.6 Å². The lowest BCUT2D eigenvalue weighted by Gasteiger charge is -2.06. The lowest BCUT2D eigenvalue weighted by molar-refractivity contribution is 0.493. The molecular weight excluding hydrogens is 355 g/mol. The average Bonchev–Trinajstić information content (AvgIpc) is 3.08. The number of aromatic nitrogens is 3. The van der Waals surface area contributed by atoms with Gasteiger partial charge in [0.1, 0.15) is 18.4 Å². The van der Waals surface area contributed by atoms with E-state index in [2.05, 4.69) is 38.0 Å². The summed E-state index contributed by atoms with van der Waals surface area (Å²) in [5.74, 6) is 0.921. The summed E-state index contributed by atoms with van der Waals surface area (Å²) >= 11 is 2.16. The van der Waals surface area contributed by atoms with Crippen LogP contribution in [-0.2, 0) is 6.54 Å². The molecule has 0 amide bonds. The maximum absolute atomic E-state index is 5.49. The van der Waals surface area contributed by atoms with Crippen molar-refractivity contribution in [2.24, 2.45) is 0 Å². The lowest BCUT2D eigenvalue weighted by Crippen LogP contribution is -1.99. The average molecular weight is 366 g/mol. The van der Waals surface area contributed by atoms with Crippen molar-refractivity contribution in [2.45, 2.75) is 6.54 Å². The maximum Gasteiger partial charge on any atom is 0.164 e. The summed E-state index contributed by atoms with van der Waals surface area (Å²) in [6.07, 6.45) is 3.19. The van der Waals surface area contributed by atoms with E-state index in [1.807, 2.05) is 36.4 Å². The number of furan rings is 1. The van der Waals surface area contributed by atoms with Crippen molar-refractivity contribution in [3.8, 4) is 5.69 Å². The van der Waals surface area contributed by atoms with Crippen molar-refractivity contribution in [3.63, 3.8) is 0 Å². The second kappa shape index (κ2) is 5.43. The van der Waals surface area contributed by atoms with Crippen LogP contribution in [0.5, 0.6) is 0 Å². The molecule has 0 unspecified atom stereocenters. The Kier molecular flexibility index (Phi) is 3.49. The number of nitrogens with zero attached hydrogens (tertiary/aromatic N) is 3. The van der Waals surface area contributed by atoms with E-state index in [9.17, 15) is 0 Å². The van der Waals surface area contributed by atoms with Gasteiger partial charge in [-0.25, -0.2) is 9.67 Å². The zero-order valence-corrected chi connectivity index (χ0v) is 12.1. The molecule has 3 rings (SSSR count). The number of halogens is 1. The van der Waals surface area contributed by atoms with Gasteiger partial charge in [0.25, 0.3) is 0 Å². The number of anilines is 1. The van der Waals surface area contributed by atoms with Crippen molar-refractivity contribution in [1.82, 2.24) is 14.8 Å². The summed E-state index contributed by atoms with van der Waals surface area (Å²) in [7, 11) is 0. The summed E-state index contributed by atoms with van der Waals surface area (Å²) in [5, 5.41) is 7.39. The Labute approximate surface area is 123 Å². The predicted molar refractivity (Wildman–Crippen MR) is 80.1 cm³/mol. The molecule has 0 aliphatic heterocycles. The van der Waals surface area contributed by atoms with E-state index in [-0.39, 0.29) is 0 Å². The van der Waals surface area contributed by atoms with Gasteiger partial charge in [-0.2, -0.15) is 5.10 Å². The van der Waals surface area contributed by atoms with E-state index in [0.717, 1.165) is 20.9 Å². The van der Waals surface area contributed by atoms with E-state index in [1.54, 1.807) is 11.0 Å². The fourth-order valence-electron chi connectivity index (χ4n) is 1.71. The summed E-state index contributed by atoms with van der Waals surface area (Å²) in [6, 6.07) is 11.9. The van der Waals surface area contributed by atoms with E-state index >= 15 is 0 Å². The highest BCUT2D eigenvalue weighted by molar-refractivity contribution is 14.1. The van der Waals surface area contributed by atoms with Gasteiger partial charge >= 0.3 is 0 Å². The minimum absolute atomic E-state index is 0.672. The first kappa shape index (κ1) is 12.2. The maximum atomic E-state index is 5.49. The number of benzene rings is 1. The molecule has 2 aromatic heterocycles. The molecule has 0 fully saturated rings. The Hall–Kier alpha value is -1.83. The SMILES string of the molecule is Ic1ccc(CNc2ccc(-n3cncn3)cc2)o1. The standard InChI is InChI=1S/C13H11IN4O/c14-13-6-5-12(19-13)7-16-10-1-3-11(4-2-10)18-9-15-8-17-18/h1-6,8-9,16H,7H2. The number of nitrogens with one attached hydrogen (secondary N) is 1. The molecule has 0 radical (unpaired) electrons. The second-order valence-electron chi connectivity index (χ2n) is 3.95. The van der Waals surface area contributed by atoms with Gasteiger partial charge < -0.3 is 9.73 Å². The van der Waals surface area contributed by atoms with Crippen LogP contribution < -0.4 is 5.32 Å². The van der Waals surface area contributed by atoms with Crippen LogP contribution in [0.15, 0.2) is 53.5 Å². The minimum Gasteiger partial charge on any atom is -0.454 e. The van der Waals surface area contributed by atoms with Gasteiger partial charge in [-0.3, -0.25) is 0 Å². The second-order valence-corrected chi connectivity index (χ2v) is 5.01. The molecule has 2 heterocycles. The largest absolute Gasteiger partial charge is 0.454 e. The monoisotopic (exact) mass is 366 g/mol. The first-order chi connectivity index (χ1) is 9.31. The third kappa shape index (κ3) is 2.95. The van der Waals surface area contributed by atoms with Crippen LogP contribution in [0.1, 0.15) is 5.76 Å². The molecule has 1 aromatic carbocycles. The molecular formula is C13H11IN4O. The van der Waals surface area contributed by atoms with Crippen LogP contribution in [0.3, 0.4) is 0 Å². The Bertz CT molecular complexity index is 646. The molecule has 0 saturated heterocycles. The van der Waals surface area contributed by atoms with Crippen molar-refractivity contribution >= 4 is 28.3 Å². The molecule has 96 valence electrons. The first-order valence-electron chi connectivity index (χ1n) is 5.74. The van der Waals surface area contributed by atoms with Gasteiger partial charge in [-0.05, 0) is 59.0 Å². The molecule has 0 saturated carbocycles. The van der Waals surface area contributed by atoms with Crippen molar-refractivity contribution in [1.29, 1.82) is 0 Å². The molecule has 0 aliphatic carbocycles. The van der Waals surface area contributed by atoms with Gasteiger partial charge in [0.05, 0.1) is 12.2 Å². The summed E-state index contributed by atoms with van der Waals surface area (Å²) in [4.78, 5) is 3.92. The Morgan fingerprint density at radius 2 is 2.00 bits per heavy atom. The van der Waals surface area contributed by atoms with Gasteiger partial charge in [-0.15, -0.1) is 0 Å². The van der Waals surface area contributed by atoms with E-state index < -0.39 is 0 Å². The van der Waals surface area contributed by atoms with Gasteiger partial charge in [0.2, 0.25) is 0 Å². The molecule has 19 heavy (non-hydrogen) atoms. The summed E-state index contributed by atoms with van der Waals surface area (Å²) < 4.78 is 8.11. The van der Waals surface area contributed by atoms with Gasteiger partial charge in [0, 0.05) is 5.69 Å². The third-order valence-electron chi connectivity index (χ3n) is 2.65. The van der Waals surface area contributed by atoms with Gasteiger partial charge in [0.15, 0.2) is 3.77 Å². The third-order valence-corrected chi connectivity index (χ3v) is 3.23.